The zero-order chi connectivity index (χ0) is 11.5. The molecule has 3 nitrogen and oxygen atoms in total. The van der Waals surface area contributed by atoms with Crippen molar-refractivity contribution in [2.24, 2.45) is 0 Å². The van der Waals surface area contributed by atoms with E-state index in [1.165, 1.54) is 5.56 Å². The first-order chi connectivity index (χ1) is 7.69. The summed E-state index contributed by atoms with van der Waals surface area (Å²) in [6.07, 6.45) is 1.97. The lowest BCUT2D eigenvalue weighted by molar-refractivity contribution is 0.412. The summed E-state index contributed by atoms with van der Waals surface area (Å²) < 4.78 is 9.07. The van der Waals surface area contributed by atoms with Crippen molar-refractivity contribution in [1.29, 1.82) is 0 Å². The first-order valence-electron chi connectivity index (χ1n) is 4.70. The van der Waals surface area contributed by atoms with E-state index < -0.39 is 0 Å². The minimum atomic E-state index is 0.769. The summed E-state index contributed by atoms with van der Waals surface area (Å²) in [5.41, 5.74) is 1.19. The van der Waals surface area contributed by atoms with Crippen molar-refractivity contribution >= 4 is 38.5 Å². The van der Waals surface area contributed by atoms with Crippen LogP contribution in [0.3, 0.4) is 0 Å². The quantitative estimate of drug-likeness (QED) is 0.749. The maximum Gasteiger partial charge on any atom is 0.133 e. The Morgan fingerprint density at radius 3 is 2.81 bits per heavy atom. The predicted molar refractivity (Wildman–Crippen MR) is 74.7 cm³/mol. The van der Waals surface area contributed by atoms with Gasteiger partial charge in [0.25, 0.3) is 0 Å². The van der Waals surface area contributed by atoms with E-state index in [9.17, 15) is 0 Å². The van der Waals surface area contributed by atoms with Gasteiger partial charge in [0.15, 0.2) is 0 Å². The van der Waals surface area contributed by atoms with E-state index in [4.69, 9.17) is 4.74 Å². The second-order valence-corrected chi connectivity index (χ2v) is 5.26. The molecule has 0 unspecified atom stereocenters. The Morgan fingerprint density at radius 2 is 2.25 bits per heavy atom. The van der Waals surface area contributed by atoms with Crippen molar-refractivity contribution in [3.05, 3.63) is 44.2 Å². The third-order valence-electron chi connectivity index (χ3n) is 2.17. The number of halogens is 2. The standard InChI is InChI=1S/C11H10BrIN2O/c1-16-10-3-2-8(6-9(10)12)7-15-5-4-11(13)14-15/h2-6H,7H2,1H3. The molecule has 0 aliphatic carbocycles. The number of benzene rings is 1. The molecule has 0 fully saturated rings. The molecule has 0 aliphatic rings. The fraction of sp³-hybridized carbons (Fsp3) is 0.182. The van der Waals surface area contributed by atoms with Crippen molar-refractivity contribution in [2.75, 3.05) is 7.11 Å². The van der Waals surface area contributed by atoms with Crippen LogP contribution in [0.2, 0.25) is 0 Å². The smallest absolute Gasteiger partial charge is 0.133 e. The zero-order valence-electron chi connectivity index (χ0n) is 8.65. The molecule has 1 aromatic carbocycles. The number of hydrogen-bond donors (Lipinski definition) is 0. The molecule has 1 heterocycles. The van der Waals surface area contributed by atoms with E-state index in [1.807, 2.05) is 35.1 Å². The molecular formula is C11H10BrIN2O. The lowest BCUT2D eigenvalue weighted by Gasteiger charge is -2.06. The van der Waals surface area contributed by atoms with Crippen LogP contribution in [0.5, 0.6) is 5.75 Å². The third kappa shape index (κ3) is 2.76. The monoisotopic (exact) mass is 392 g/mol. The molecule has 0 N–H and O–H groups in total. The molecule has 16 heavy (non-hydrogen) atoms. The molecule has 0 saturated carbocycles. The van der Waals surface area contributed by atoms with Crippen LogP contribution in [-0.4, -0.2) is 16.9 Å². The van der Waals surface area contributed by atoms with Gasteiger partial charge in [-0.15, -0.1) is 0 Å². The van der Waals surface area contributed by atoms with Gasteiger partial charge in [0.1, 0.15) is 9.45 Å². The lowest BCUT2D eigenvalue weighted by Crippen LogP contribution is -2.00. The average molecular weight is 393 g/mol. The van der Waals surface area contributed by atoms with Crippen LogP contribution < -0.4 is 4.74 Å². The molecule has 84 valence electrons. The fourth-order valence-electron chi connectivity index (χ4n) is 1.42. The molecule has 5 heteroatoms. The highest BCUT2D eigenvalue weighted by Crippen LogP contribution is 2.25. The highest BCUT2D eigenvalue weighted by molar-refractivity contribution is 14.1. The Balaban J connectivity index is 2.19. The van der Waals surface area contributed by atoms with Gasteiger partial charge in [-0.25, -0.2) is 0 Å². The number of ether oxygens (including phenoxy) is 1. The average Bonchev–Trinajstić information content (AvgIpc) is 2.64. The van der Waals surface area contributed by atoms with E-state index in [0.717, 1.165) is 20.5 Å². The molecule has 0 spiro atoms. The van der Waals surface area contributed by atoms with E-state index in [0.29, 0.717) is 0 Å². The van der Waals surface area contributed by atoms with Crippen molar-refractivity contribution in [2.45, 2.75) is 6.54 Å². The molecule has 0 radical (unpaired) electrons. The van der Waals surface area contributed by atoms with Crippen molar-refractivity contribution < 1.29 is 4.74 Å². The number of aromatic nitrogens is 2. The minimum absolute atomic E-state index is 0.769. The minimum Gasteiger partial charge on any atom is -0.496 e. The van der Waals surface area contributed by atoms with Crippen LogP contribution >= 0.6 is 38.5 Å². The molecule has 0 bridgehead atoms. The Hall–Kier alpha value is -0.560. The van der Waals surface area contributed by atoms with E-state index in [1.54, 1.807) is 7.11 Å². The normalized spacial score (nSPS) is 10.4. The molecule has 1 aromatic heterocycles. The predicted octanol–water partition coefficient (Wildman–Crippen LogP) is 3.31. The molecule has 0 amide bonds. The van der Waals surface area contributed by atoms with Crippen LogP contribution in [0.4, 0.5) is 0 Å². The second-order valence-electron chi connectivity index (χ2n) is 3.30. The van der Waals surface area contributed by atoms with Crippen LogP contribution in [-0.2, 0) is 6.54 Å². The van der Waals surface area contributed by atoms with Crippen molar-refractivity contribution in [1.82, 2.24) is 9.78 Å². The summed E-state index contributed by atoms with van der Waals surface area (Å²) in [5, 5.41) is 4.33. The SMILES string of the molecule is COc1ccc(Cn2ccc(I)n2)cc1Br. The number of methoxy groups -OCH3 is 1. The summed E-state index contributed by atoms with van der Waals surface area (Å²) in [6, 6.07) is 8.03. The number of hydrogen-bond acceptors (Lipinski definition) is 2. The van der Waals surface area contributed by atoms with Gasteiger partial charge >= 0.3 is 0 Å². The van der Waals surface area contributed by atoms with Gasteiger partial charge in [-0.05, 0) is 62.3 Å². The summed E-state index contributed by atoms with van der Waals surface area (Å²) in [4.78, 5) is 0. The van der Waals surface area contributed by atoms with Crippen LogP contribution in [0.15, 0.2) is 34.9 Å². The molecule has 0 saturated heterocycles. The Morgan fingerprint density at radius 1 is 1.44 bits per heavy atom. The van der Waals surface area contributed by atoms with Gasteiger partial charge in [-0.1, -0.05) is 6.07 Å². The summed E-state index contributed by atoms with van der Waals surface area (Å²) >= 11 is 5.67. The van der Waals surface area contributed by atoms with Gasteiger partial charge in [0, 0.05) is 6.20 Å². The molecule has 2 aromatic rings. The second kappa shape index (κ2) is 5.18. The zero-order valence-corrected chi connectivity index (χ0v) is 12.4. The fourth-order valence-corrected chi connectivity index (χ4v) is 2.45. The molecular weight excluding hydrogens is 383 g/mol. The Kier molecular flexibility index (Phi) is 3.86. The number of rotatable bonds is 3. The topological polar surface area (TPSA) is 27.1 Å². The van der Waals surface area contributed by atoms with Gasteiger partial charge < -0.3 is 4.74 Å². The Bertz CT molecular complexity index is 498. The van der Waals surface area contributed by atoms with E-state index >= 15 is 0 Å². The van der Waals surface area contributed by atoms with Crippen LogP contribution in [0, 0.1) is 3.70 Å². The van der Waals surface area contributed by atoms with Gasteiger partial charge in [-0.3, -0.25) is 4.68 Å². The largest absolute Gasteiger partial charge is 0.496 e. The van der Waals surface area contributed by atoms with Crippen molar-refractivity contribution in [3.63, 3.8) is 0 Å². The van der Waals surface area contributed by atoms with Crippen LogP contribution in [0.25, 0.3) is 0 Å². The molecule has 2 rings (SSSR count). The van der Waals surface area contributed by atoms with Crippen LogP contribution in [0.1, 0.15) is 5.56 Å². The molecule has 0 aliphatic heterocycles. The van der Waals surface area contributed by atoms with Crippen molar-refractivity contribution in [3.8, 4) is 5.75 Å². The highest BCUT2D eigenvalue weighted by atomic mass is 127. The first kappa shape index (κ1) is 11.9. The Labute approximate surface area is 116 Å². The highest BCUT2D eigenvalue weighted by Gasteiger charge is 2.02. The summed E-state index contributed by atoms with van der Waals surface area (Å²) in [7, 11) is 1.66. The third-order valence-corrected chi connectivity index (χ3v) is 3.36. The molecule has 0 atom stereocenters. The van der Waals surface area contributed by atoms with Gasteiger partial charge in [0.05, 0.1) is 18.1 Å². The number of nitrogens with zero attached hydrogens (tertiary/aromatic N) is 2. The maximum atomic E-state index is 5.18. The first-order valence-corrected chi connectivity index (χ1v) is 6.57. The van der Waals surface area contributed by atoms with Gasteiger partial charge in [-0.2, -0.15) is 5.10 Å². The van der Waals surface area contributed by atoms with Gasteiger partial charge in [0.2, 0.25) is 0 Å². The lowest BCUT2D eigenvalue weighted by atomic mass is 10.2. The summed E-state index contributed by atoms with van der Waals surface area (Å²) in [6.45, 7) is 0.769. The van der Waals surface area contributed by atoms with E-state index in [2.05, 4.69) is 43.6 Å². The van der Waals surface area contributed by atoms with E-state index in [-0.39, 0.29) is 0 Å². The summed E-state index contributed by atoms with van der Waals surface area (Å²) in [5.74, 6) is 0.846. The maximum absolute atomic E-state index is 5.18.